The molecule has 0 spiro atoms. The number of rotatable bonds is 1. The Hall–Kier alpha value is -2.10. The molecule has 0 amide bonds. The Morgan fingerprint density at radius 2 is 2.12 bits per heavy atom. The summed E-state index contributed by atoms with van der Waals surface area (Å²) < 4.78 is 1.92. The lowest BCUT2D eigenvalue weighted by atomic mass is 10.1. The van der Waals surface area contributed by atoms with Crippen LogP contribution in [0.25, 0.3) is 10.9 Å². The van der Waals surface area contributed by atoms with Crippen LogP contribution < -0.4 is 0 Å². The lowest BCUT2D eigenvalue weighted by Crippen LogP contribution is -2.15. The number of aryl methyl sites for hydroxylation is 1. The van der Waals surface area contributed by atoms with Gasteiger partial charge in [0.2, 0.25) is 0 Å². The van der Waals surface area contributed by atoms with Crippen LogP contribution >= 0.6 is 0 Å². The van der Waals surface area contributed by atoms with Gasteiger partial charge in [0.15, 0.2) is 5.78 Å². The molecule has 0 saturated carbocycles. The third-order valence-corrected chi connectivity index (χ3v) is 3.22. The van der Waals surface area contributed by atoms with Gasteiger partial charge in [-0.15, -0.1) is 0 Å². The first-order valence-corrected chi connectivity index (χ1v) is 5.56. The maximum absolute atomic E-state index is 11.7. The molecule has 2 aromatic rings. The van der Waals surface area contributed by atoms with Gasteiger partial charge in [-0.1, -0.05) is 6.07 Å². The molecule has 3 rings (SSSR count). The maximum Gasteiger partial charge on any atom is 0.335 e. The van der Waals surface area contributed by atoms with Crippen molar-refractivity contribution in [1.82, 2.24) is 4.57 Å². The molecule has 4 nitrogen and oxygen atoms in total. The molecule has 0 saturated heterocycles. The summed E-state index contributed by atoms with van der Waals surface area (Å²) in [5.41, 5.74) is 1.80. The Morgan fingerprint density at radius 1 is 1.29 bits per heavy atom. The van der Waals surface area contributed by atoms with E-state index in [0.717, 1.165) is 23.9 Å². The second-order valence-corrected chi connectivity index (χ2v) is 4.29. The quantitative estimate of drug-likeness (QED) is 0.816. The summed E-state index contributed by atoms with van der Waals surface area (Å²) in [5.74, 6) is -0.797. The molecule has 0 unspecified atom stereocenters. The minimum absolute atomic E-state index is 0.143. The predicted octanol–water partition coefficient (Wildman–Crippen LogP) is 2.32. The van der Waals surface area contributed by atoms with E-state index in [1.165, 1.54) is 0 Å². The number of hydrogen-bond donors (Lipinski definition) is 1. The molecular formula is C13H11NO3. The summed E-state index contributed by atoms with van der Waals surface area (Å²) in [6.45, 7) is 0.785. The van der Waals surface area contributed by atoms with Crippen molar-refractivity contribution in [3.63, 3.8) is 0 Å². The van der Waals surface area contributed by atoms with Crippen LogP contribution in [0.3, 0.4) is 0 Å². The Morgan fingerprint density at radius 3 is 2.88 bits per heavy atom. The van der Waals surface area contributed by atoms with Gasteiger partial charge in [0.1, 0.15) is 0 Å². The molecule has 0 atom stereocenters. The summed E-state index contributed by atoms with van der Waals surface area (Å²) in [7, 11) is 0. The van der Waals surface area contributed by atoms with E-state index in [2.05, 4.69) is 0 Å². The van der Waals surface area contributed by atoms with Crippen LogP contribution in [-0.2, 0) is 6.54 Å². The largest absolute Gasteiger partial charge is 0.478 e. The maximum atomic E-state index is 11.7. The van der Waals surface area contributed by atoms with Gasteiger partial charge in [0.05, 0.1) is 11.3 Å². The van der Waals surface area contributed by atoms with Crippen LogP contribution in [-0.4, -0.2) is 21.4 Å². The van der Waals surface area contributed by atoms with Gasteiger partial charge in [-0.25, -0.2) is 4.79 Å². The summed E-state index contributed by atoms with van der Waals surface area (Å²) in [5, 5.41) is 9.89. The van der Waals surface area contributed by atoms with Crippen molar-refractivity contribution in [2.24, 2.45) is 0 Å². The van der Waals surface area contributed by atoms with Gasteiger partial charge in [-0.2, -0.15) is 0 Å². The highest BCUT2D eigenvalue weighted by Crippen LogP contribution is 2.26. The smallest absolute Gasteiger partial charge is 0.335 e. The van der Waals surface area contributed by atoms with Crippen molar-refractivity contribution in [3.8, 4) is 0 Å². The zero-order valence-electron chi connectivity index (χ0n) is 9.14. The third kappa shape index (κ3) is 1.45. The van der Waals surface area contributed by atoms with Crippen molar-refractivity contribution < 1.29 is 14.7 Å². The van der Waals surface area contributed by atoms with Crippen molar-refractivity contribution in [3.05, 3.63) is 35.5 Å². The molecule has 0 radical (unpaired) electrons. The number of nitrogens with zero attached hydrogens (tertiary/aromatic N) is 1. The van der Waals surface area contributed by atoms with Crippen LogP contribution in [0.5, 0.6) is 0 Å². The van der Waals surface area contributed by atoms with E-state index in [9.17, 15) is 9.59 Å². The first kappa shape index (κ1) is 10.1. The number of ketones is 1. The lowest BCUT2D eigenvalue weighted by Gasteiger charge is -2.14. The van der Waals surface area contributed by atoms with Crippen LogP contribution in [0.4, 0.5) is 0 Å². The Balaban J connectivity index is 2.29. The first-order valence-electron chi connectivity index (χ1n) is 5.56. The van der Waals surface area contributed by atoms with E-state index in [1.54, 1.807) is 18.2 Å². The van der Waals surface area contributed by atoms with Gasteiger partial charge in [0, 0.05) is 23.9 Å². The number of aromatic carboxylic acids is 1. The molecule has 1 aliphatic rings. The minimum atomic E-state index is -0.940. The number of Topliss-reactive ketones (excluding diaryl/α,β-unsaturated/α-hetero) is 1. The van der Waals surface area contributed by atoms with Crippen LogP contribution in [0.15, 0.2) is 24.3 Å². The average molecular weight is 229 g/mol. The second kappa shape index (κ2) is 3.45. The summed E-state index contributed by atoms with van der Waals surface area (Å²) in [4.78, 5) is 22.7. The van der Waals surface area contributed by atoms with E-state index >= 15 is 0 Å². The number of carboxylic acid groups (broad SMARTS) is 1. The molecule has 1 aromatic heterocycles. The highest BCUT2D eigenvalue weighted by molar-refractivity contribution is 6.02. The SMILES string of the molecule is O=C(O)c1ccc2cc3n(c2c1)CCCC3=O. The lowest BCUT2D eigenvalue weighted by molar-refractivity contribution is 0.0697. The molecule has 0 aliphatic carbocycles. The first-order chi connectivity index (χ1) is 8.16. The van der Waals surface area contributed by atoms with Crippen molar-refractivity contribution in [2.75, 3.05) is 0 Å². The summed E-state index contributed by atoms with van der Waals surface area (Å²) >= 11 is 0. The third-order valence-electron chi connectivity index (χ3n) is 3.22. The average Bonchev–Trinajstić information content (AvgIpc) is 2.68. The van der Waals surface area contributed by atoms with E-state index < -0.39 is 5.97 Å². The zero-order chi connectivity index (χ0) is 12.0. The molecule has 0 fully saturated rings. The Labute approximate surface area is 97.5 Å². The normalized spacial score (nSPS) is 14.9. The molecule has 1 aromatic carbocycles. The molecule has 86 valence electrons. The van der Waals surface area contributed by atoms with Gasteiger partial charge in [-0.3, -0.25) is 4.79 Å². The van der Waals surface area contributed by atoms with Crippen LogP contribution in [0, 0.1) is 0 Å². The molecule has 1 N–H and O–H groups in total. The molecule has 4 heteroatoms. The van der Waals surface area contributed by atoms with Crippen molar-refractivity contribution >= 4 is 22.7 Å². The standard InChI is InChI=1S/C13H11NO3/c15-12-2-1-5-14-10-7-9(13(16)17)4-3-8(10)6-11(12)14/h3-4,6-7H,1-2,5H2,(H,16,17). The number of fused-ring (bicyclic) bond motifs is 3. The van der Waals surface area contributed by atoms with Crippen molar-refractivity contribution in [1.29, 1.82) is 0 Å². The number of hydrogen-bond acceptors (Lipinski definition) is 2. The molecule has 2 heterocycles. The fraction of sp³-hybridized carbons (Fsp3) is 0.231. The summed E-state index contributed by atoms with van der Waals surface area (Å²) in [6, 6.07) is 6.82. The summed E-state index contributed by atoms with van der Waals surface area (Å²) in [6.07, 6.45) is 1.41. The number of carbonyl (C=O) groups excluding carboxylic acids is 1. The minimum Gasteiger partial charge on any atom is -0.478 e. The zero-order valence-corrected chi connectivity index (χ0v) is 9.14. The molecule has 1 aliphatic heterocycles. The van der Waals surface area contributed by atoms with Gasteiger partial charge in [-0.05, 0) is 24.6 Å². The van der Waals surface area contributed by atoms with Gasteiger partial charge >= 0.3 is 5.97 Å². The highest BCUT2D eigenvalue weighted by atomic mass is 16.4. The van der Waals surface area contributed by atoms with E-state index in [-0.39, 0.29) is 11.3 Å². The Kier molecular flexibility index (Phi) is 2.04. The number of carbonyl (C=O) groups is 2. The number of aromatic nitrogens is 1. The fourth-order valence-corrected chi connectivity index (χ4v) is 2.39. The van der Waals surface area contributed by atoms with E-state index in [0.29, 0.717) is 12.1 Å². The van der Waals surface area contributed by atoms with Gasteiger partial charge < -0.3 is 9.67 Å². The number of benzene rings is 1. The number of carboxylic acids is 1. The van der Waals surface area contributed by atoms with Crippen molar-refractivity contribution in [2.45, 2.75) is 19.4 Å². The highest BCUT2D eigenvalue weighted by Gasteiger charge is 2.20. The molecule has 17 heavy (non-hydrogen) atoms. The molecule has 0 bridgehead atoms. The van der Waals surface area contributed by atoms with E-state index in [1.807, 2.05) is 10.6 Å². The molecular weight excluding hydrogens is 218 g/mol. The van der Waals surface area contributed by atoms with Crippen LogP contribution in [0.2, 0.25) is 0 Å². The Bertz CT molecular complexity index is 639. The van der Waals surface area contributed by atoms with E-state index in [4.69, 9.17) is 5.11 Å². The van der Waals surface area contributed by atoms with Crippen LogP contribution in [0.1, 0.15) is 33.7 Å². The fourth-order valence-electron chi connectivity index (χ4n) is 2.39. The van der Waals surface area contributed by atoms with Gasteiger partial charge in [0.25, 0.3) is 0 Å². The topological polar surface area (TPSA) is 59.3 Å². The monoisotopic (exact) mass is 229 g/mol. The second-order valence-electron chi connectivity index (χ2n) is 4.29. The predicted molar refractivity (Wildman–Crippen MR) is 62.5 cm³/mol.